The Morgan fingerprint density at radius 3 is 2.74 bits per heavy atom. The molecule has 0 saturated heterocycles. The van der Waals surface area contributed by atoms with Crippen LogP contribution < -0.4 is 15.6 Å². The van der Waals surface area contributed by atoms with Gasteiger partial charge in [-0.05, 0) is 48.9 Å². The number of carbonyl (C=O) groups excluding carboxylic acids is 1. The van der Waals surface area contributed by atoms with Gasteiger partial charge >= 0.3 is 5.56 Å². The number of anilines is 1. The Morgan fingerprint density at radius 1 is 1.09 bits per heavy atom. The van der Waals surface area contributed by atoms with Gasteiger partial charge in [0.2, 0.25) is 11.5 Å². The van der Waals surface area contributed by atoms with E-state index in [0.717, 1.165) is 10.9 Å². The highest BCUT2D eigenvalue weighted by molar-refractivity contribution is 7.99. The summed E-state index contributed by atoms with van der Waals surface area (Å²) in [6.45, 7) is 1.95. The van der Waals surface area contributed by atoms with Gasteiger partial charge in [-0.2, -0.15) is 0 Å². The Bertz CT molecular complexity index is 1590. The lowest BCUT2D eigenvalue weighted by atomic mass is 10.2. The van der Waals surface area contributed by atoms with E-state index in [2.05, 4.69) is 5.32 Å². The number of rotatable bonds is 6. The van der Waals surface area contributed by atoms with E-state index >= 15 is 0 Å². The number of ether oxygens (including phenoxy) is 1. The summed E-state index contributed by atoms with van der Waals surface area (Å²) in [5.74, 6) is 0.495. The molecule has 34 heavy (non-hydrogen) atoms. The Labute approximate surface area is 199 Å². The van der Waals surface area contributed by atoms with Gasteiger partial charge in [0.1, 0.15) is 16.8 Å². The zero-order chi connectivity index (χ0) is 23.7. The second-order valence-corrected chi connectivity index (χ2v) is 8.66. The first-order valence-corrected chi connectivity index (χ1v) is 11.6. The minimum Gasteiger partial charge on any atom is -0.497 e. The summed E-state index contributed by atoms with van der Waals surface area (Å²) in [5, 5.41) is 4.03. The van der Waals surface area contributed by atoms with Crippen LogP contribution in [0.2, 0.25) is 0 Å². The van der Waals surface area contributed by atoms with E-state index in [1.807, 2.05) is 55.5 Å². The van der Waals surface area contributed by atoms with Crippen molar-refractivity contribution in [1.29, 1.82) is 0 Å². The van der Waals surface area contributed by atoms with Crippen molar-refractivity contribution in [2.45, 2.75) is 12.1 Å². The van der Waals surface area contributed by atoms with Crippen molar-refractivity contribution in [3.63, 3.8) is 0 Å². The van der Waals surface area contributed by atoms with Crippen LogP contribution in [0.25, 0.3) is 27.8 Å². The van der Waals surface area contributed by atoms with Gasteiger partial charge in [-0.15, -0.1) is 0 Å². The lowest BCUT2D eigenvalue weighted by Gasteiger charge is -2.12. The molecule has 170 valence electrons. The van der Waals surface area contributed by atoms with Crippen molar-refractivity contribution in [3.05, 3.63) is 88.7 Å². The molecule has 0 atom stereocenters. The number of aromatic nitrogens is 2. The van der Waals surface area contributed by atoms with Gasteiger partial charge in [0.05, 0.1) is 18.6 Å². The number of amides is 1. The molecule has 0 saturated carbocycles. The summed E-state index contributed by atoms with van der Waals surface area (Å²) in [6, 6.07) is 22.1. The van der Waals surface area contributed by atoms with Crippen molar-refractivity contribution in [3.8, 4) is 11.4 Å². The Kier molecular flexibility index (Phi) is 5.81. The summed E-state index contributed by atoms with van der Waals surface area (Å²) in [5.41, 5.74) is 3.24. The fourth-order valence-corrected chi connectivity index (χ4v) is 4.55. The van der Waals surface area contributed by atoms with E-state index in [1.165, 1.54) is 16.3 Å². The third-order valence-electron chi connectivity index (χ3n) is 5.31. The molecule has 0 spiro atoms. The number of aryl methyl sites for hydroxylation is 1. The number of nitrogens with one attached hydrogen (secondary N) is 1. The van der Waals surface area contributed by atoms with Crippen molar-refractivity contribution in [2.24, 2.45) is 0 Å². The molecule has 5 aromatic rings. The van der Waals surface area contributed by atoms with Crippen LogP contribution in [0.4, 0.5) is 5.69 Å². The van der Waals surface area contributed by atoms with Crippen molar-refractivity contribution < 1.29 is 13.9 Å². The molecule has 0 radical (unpaired) electrons. The third-order valence-corrected chi connectivity index (χ3v) is 6.25. The predicted molar refractivity (Wildman–Crippen MR) is 134 cm³/mol. The first-order valence-electron chi connectivity index (χ1n) is 10.6. The van der Waals surface area contributed by atoms with Gasteiger partial charge in [-0.25, -0.2) is 4.98 Å². The topological polar surface area (TPSA) is 86.4 Å². The Balaban J connectivity index is 1.54. The van der Waals surface area contributed by atoms with E-state index in [4.69, 9.17) is 14.1 Å². The predicted octanol–water partition coefficient (Wildman–Crippen LogP) is 5.18. The van der Waals surface area contributed by atoms with Gasteiger partial charge in [0.25, 0.3) is 0 Å². The van der Waals surface area contributed by atoms with E-state index in [-0.39, 0.29) is 22.8 Å². The van der Waals surface area contributed by atoms with Crippen molar-refractivity contribution in [2.75, 3.05) is 18.2 Å². The normalized spacial score (nSPS) is 11.1. The number of fused-ring (bicyclic) bond motifs is 3. The fraction of sp³-hybridized carbons (Fsp3) is 0.115. The van der Waals surface area contributed by atoms with Crippen LogP contribution in [0.15, 0.2) is 87.2 Å². The molecule has 3 aromatic carbocycles. The van der Waals surface area contributed by atoms with Crippen LogP contribution in [0, 0.1) is 6.92 Å². The van der Waals surface area contributed by atoms with Crippen LogP contribution >= 0.6 is 11.8 Å². The minimum absolute atomic E-state index is 0.0662. The fourth-order valence-electron chi connectivity index (χ4n) is 3.74. The smallest absolute Gasteiger partial charge is 0.302 e. The maximum atomic E-state index is 13.5. The molecule has 0 aliphatic rings. The van der Waals surface area contributed by atoms with Crippen molar-refractivity contribution >= 4 is 45.4 Å². The highest BCUT2D eigenvalue weighted by atomic mass is 32.2. The number of thioether (sulfide) groups is 1. The summed E-state index contributed by atoms with van der Waals surface area (Å²) in [6.07, 6.45) is 0. The van der Waals surface area contributed by atoms with Crippen LogP contribution in [-0.2, 0) is 4.79 Å². The molecule has 2 aromatic heterocycles. The zero-order valence-corrected chi connectivity index (χ0v) is 19.4. The molecule has 7 nitrogen and oxygen atoms in total. The minimum atomic E-state index is -0.317. The standard InChI is InChI=1S/C26H21N3O4S/c1-16-7-5-9-18(13-16)29-25(31)24-23(20-11-3-4-12-21(20)33-24)28-26(29)34-15-22(30)27-17-8-6-10-19(14-17)32-2/h3-14H,15H2,1-2H3,(H,27,30). The Morgan fingerprint density at radius 2 is 1.91 bits per heavy atom. The SMILES string of the molecule is COc1cccc(NC(=O)CSc2nc3c(oc4ccccc43)c(=O)n2-c2cccc(C)c2)c1. The monoisotopic (exact) mass is 471 g/mol. The van der Waals surface area contributed by atoms with E-state index < -0.39 is 0 Å². The first kappa shape index (κ1) is 21.8. The van der Waals surface area contributed by atoms with Crippen LogP contribution in [-0.4, -0.2) is 28.3 Å². The lowest BCUT2D eigenvalue weighted by Crippen LogP contribution is -2.22. The number of hydrogen-bond acceptors (Lipinski definition) is 6. The molecule has 0 unspecified atom stereocenters. The number of benzene rings is 3. The highest BCUT2D eigenvalue weighted by Crippen LogP contribution is 2.29. The molecule has 0 aliphatic heterocycles. The molecule has 0 aliphatic carbocycles. The molecule has 0 fully saturated rings. The summed E-state index contributed by atoms with van der Waals surface area (Å²) < 4.78 is 12.6. The molecular formula is C26H21N3O4S. The number of carbonyl (C=O) groups is 1. The molecule has 8 heteroatoms. The van der Waals surface area contributed by atoms with Gasteiger partial charge < -0.3 is 14.5 Å². The highest BCUT2D eigenvalue weighted by Gasteiger charge is 2.20. The first-order chi connectivity index (χ1) is 16.5. The molecular weight excluding hydrogens is 450 g/mol. The van der Waals surface area contributed by atoms with Crippen LogP contribution in [0.5, 0.6) is 5.75 Å². The van der Waals surface area contributed by atoms with E-state index in [0.29, 0.717) is 33.4 Å². The van der Waals surface area contributed by atoms with Crippen LogP contribution in [0.1, 0.15) is 5.56 Å². The maximum Gasteiger partial charge on any atom is 0.302 e. The van der Waals surface area contributed by atoms with E-state index in [9.17, 15) is 9.59 Å². The summed E-state index contributed by atoms with van der Waals surface area (Å²) in [7, 11) is 1.57. The maximum absolute atomic E-state index is 13.5. The van der Waals surface area contributed by atoms with Gasteiger partial charge in [0.15, 0.2) is 5.16 Å². The number of para-hydroxylation sites is 1. The quantitative estimate of drug-likeness (QED) is 0.271. The van der Waals surface area contributed by atoms with Crippen molar-refractivity contribution in [1.82, 2.24) is 9.55 Å². The van der Waals surface area contributed by atoms with E-state index in [1.54, 1.807) is 31.4 Å². The summed E-state index contributed by atoms with van der Waals surface area (Å²) >= 11 is 1.19. The molecule has 2 heterocycles. The van der Waals surface area contributed by atoms with Gasteiger partial charge in [0, 0.05) is 17.1 Å². The average Bonchev–Trinajstić information content (AvgIpc) is 3.22. The number of hydrogen-bond donors (Lipinski definition) is 1. The molecule has 1 N–H and O–H groups in total. The largest absolute Gasteiger partial charge is 0.497 e. The third kappa shape index (κ3) is 4.15. The second-order valence-electron chi connectivity index (χ2n) is 7.72. The molecule has 5 rings (SSSR count). The number of nitrogens with zero attached hydrogens (tertiary/aromatic N) is 2. The number of methoxy groups -OCH3 is 1. The lowest BCUT2D eigenvalue weighted by molar-refractivity contribution is -0.113. The molecule has 1 amide bonds. The second kappa shape index (κ2) is 9.07. The van der Waals surface area contributed by atoms with Crippen LogP contribution in [0.3, 0.4) is 0 Å². The zero-order valence-electron chi connectivity index (χ0n) is 18.6. The average molecular weight is 472 g/mol. The van der Waals surface area contributed by atoms with Gasteiger partial charge in [-0.3, -0.25) is 14.2 Å². The molecule has 0 bridgehead atoms. The summed E-state index contributed by atoms with van der Waals surface area (Å²) in [4.78, 5) is 31.0. The van der Waals surface area contributed by atoms with Gasteiger partial charge in [-0.1, -0.05) is 42.1 Å². The Hall–Kier alpha value is -4.04. The number of furan rings is 1.